The van der Waals surface area contributed by atoms with Crippen LogP contribution in [0.4, 0.5) is 5.69 Å². The summed E-state index contributed by atoms with van der Waals surface area (Å²) >= 11 is 0. The zero-order valence-electron chi connectivity index (χ0n) is 13.3. The van der Waals surface area contributed by atoms with Gasteiger partial charge < -0.3 is 5.32 Å². The van der Waals surface area contributed by atoms with E-state index in [9.17, 15) is 4.79 Å². The van der Waals surface area contributed by atoms with Gasteiger partial charge in [-0.3, -0.25) is 9.78 Å². The van der Waals surface area contributed by atoms with E-state index in [1.54, 1.807) is 6.20 Å². The molecule has 0 spiro atoms. The van der Waals surface area contributed by atoms with Crippen LogP contribution in [0, 0.1) is 6.92 Å². The van der Waals surface area contributed by atoms with E-state index < -0.39 is 0 Å². The largest absolute Gasteiger partial charge is 0.321 e. The highest BCUT2D eigenvalue weighted by Gasteiger charge is 2.11. The van der Waals surface area contributed by atoms with Crippen LogP contribution in [0.25, 0.3) is 21.7 Å². The van der Waals surface area contributed by atoms with Gasteiger partial charge in [-0.1, -0.05) is 54.6 Å². The molecule has 0 atom stereocenters. The molecule has 0 unspecified atom stereocenters. The lowest BCUT2D eigenvalue weighted by molar-refractivity contribution is 0.102. The Morgan fingerprint density at radius 2 is 1.67 bits per heavy atom. The van der Waals surface area contributed by atoms with Gasteiger partial charge in [0.15, 0.2) is 0 Å². The molecule has 1 amide bonds. The van der Waals surface area contributed by atoms with Crippen molar-refractivity contribution in [2.24, 2.45) is 0 Å². The average molecular weight is 312 g/mol. The number of hydrogen-bond acceptors (Lipinski definition) is 2. The number of pyridine rings is 1. The Bertz CT molecular complexity index is 1070. The summed E-state index contributed by atoms with van der Waals surface area (Å²) < 4.78 is 0. The van der Waals surface area contributed by atoms with Crippen LogP contribution in [0.3, 0.4) is 0 Å². The second-order valence-electron chi connectivity index (χ2n) is 5.81. The molecule has 0 aliphatic heterocycles. The van der Waals surface area contributed by atoms with E-state index in [0.717, 1.165) is 32.9 Å². The van der Waals surface area contributed by atoms with E-state index in [-0.39, 0.29) is 5.91 Å². The summed E-state index contributed by atoms with van der Waals surface area (Å²) in [7, 11) is 0. The third-order valence-corrected chi connectivity index (χ3v) is 4.27. The molecule has 1 heterocycles. The van der Waals surface area contributed by atoms with Crippen molar-refractivity contribution < 1.29 is 4.79 Å². The Balaban J connectivity index is 1.81. The standard InChI is InChI=1S/C21H16N2O/c1-14-6-2-4-8-16(14)21(24)23-19-12-13-22-20-17-9-5-3-7-15(17)10-11-18(19)20/h2-13H,1H3,(H,22,23,24). The molecule has 0 fully saturated rings. The van der Waals surface area contributed by atoms with Crippen molar-refractivity contribution in [3.63, 3.8) is 0 Å². The summed E-state index contributed by atoms with van der Waals surface area (Å²) in [6.07, 6.45) is 1.74. The minimum absolute atomic E-state index is 0.103. The predicted octanol–water partition coefficient (Wildman–Crippen LogP) is 4.95. The molecule has 3 aromatic carbocycles. The van der Waals surface area contributed by atoms with Gasteiger partial charge in [0.05, 0.1) is 11.2 Å². The van der Waals surface area contributed by atoms with Crippen molar-refractivity contribution >= 4 is 33.3 Å². The fourth-order valence-electron chi connectivity index (χ4n) is 3.01. The molecule has 0 saturated carbocycles. The molecule has 4 rings (SSSR count). The maximum atomic E-state index is 12.6. The van der Waals surface area contributed by atoms with Gasteiger partial charge in [0.2, 0.25) is 0 Å². The van der Waals surface area contributed by atoms with Crippen LogP contribution in [0.15, 0.2) is 72.9 Å². The van der Waals surface area contributed by atoms with E-state index in [1.165, 1.54) is 0 Å². The number of anilines is 1. The van der Waals surface area contributed by atoms with Crippen LogP contribution < -0.4 is 5.32 Å². The number of benzene rings is 3. The molecule has 3 nitrogen and oxygen atoms in total. The van der Waals surface area contributed by atoms with Gasteiger partial charge in [-0.2, -0.15) is 0 Å². The highest BCUT2D eigenvalue weighted by atomic mass is 16.1. The maximum Gasteiger partial charge on any atom is 0.255 e. The second-order valence-corrected chi connectivity index (χ2v) is 5.81. The lowest BCUT2D eigenvalue weighted by Crippen LogP contribution is -2.13. The van der Waals surface area contributed by atoms with Crippen LogP contribution in [0.2, 0.25) is 0 Å². The number of amides is 1. The van der Waals surface area contributed by atoms with Crippen molar-refractivity contribution in [1.29, 1.82) is 0 Å². The number of aryl methyl sites for hydroxylation is 1. The van der Waals surface area contributed by atoms with E-state index in [2.05, 4.69) is 28.5 Å². The molecule has 1 aromatic heterocycles. The number of fused-ring (bicyclic) bond motifs is 3. The van der Waals surface area contributed by atoms with Gasteiger partial charge in [-0.25, -0.2) is 0 Å². The number of carbonyl (C=O) groups excluding carboxylic acids is 1. The van der Waals surface area contributed by atoms with E-state index in [4.69, 9.17) is 0 Å². The minimum atomic E-state index is -0.103. The van der Waals surface area contributed by atoms with Crippen LogP contribution in [-0.2, 0) is 0 Å². The summed E-state index contributed by atoms with van der Waals surface area (Å²) in [6, 6.07) is 21.6. The zero-order valence-corrected chi connectivity index (χ0v) is 13.3. The first-order valence-corrected chi connectivity index (χ1v) is 7.87. The quantitative estimate of drug-likeness (QED) is 0.532. The molecular weight excluding hydrogens is 296 g/mol. The first kappa shape index (κ1) is 14.4. The highest BCUT2D eigenvalue weighted by molar-refractivity contribution is 6.13. The Labute approximate surface area is 140 Å². The monoisotopic (exact) mass is 312 g/mol. The normalized spacial score (nSPS) is 10.9. The summed E-state index contributed by atoms with van der Waals surface area (Å²) in [4.78, 5) is 17.1. The van der Waals surface area contributed by atoms with Gasteiger partial charge in [-0.15, -0.1) is 0 Å². The Hall–Kier alpha value is -3.20. The molecule has 0 saturated heterocycles. The fourth-order valence-corrected chi connectivity index (χ4v) is 3.01. The van der Waals surface area contributed by atoms with Gasteiger partial charge in [-0.05, 0) is 30.0 Å². The van der Waals surface area contributed by atoms with Crippen molar-refractivity contribution in [2.75, 3.05) is 5.32 Å². The van der Waals surface area contributed by atoms with Gasteiger partial charge in [0.25, 0.3) is 5.91 Å². The van der Waals surface area contributed by atoms with E-state index >= 15 is 0 Å². The van der Waals surface area contributed by atoms with Crippen molar-refractivity contribution in [1.82, 2.24) is 4.98 Å². The van der Waals surface area contributed by atoms with Crippen molar-refractivity contribution in [3.8, 4) is 0 Å². The van der Waals surface area contributed by atoms with Crippen LogP contribution in [0.5, 0.6) is 0 Å². The van der Waals surface area contributed by atoms with Gasteiger partial charge >= 0.3 is 0 Å². The zero-order chi connectivity index (χ0) is 16.5. The van der Waals surface area contributed by atoms with E-state index in [1.807, 2.05) is 55.5 Å². The van der Waals surface area contributed by atoms with Crippen LogP contribution in [0.1, 0.15) is 15.9 Å². The first-order chi connectivity index (χ1) is 11.7. The lowest BCUT2D eigenvalue weighted by atomic mass is 10.0. The molecule has 24 heavy (non-hydrogen) atoms. The number of hydrogen-bond donors (Lipinski definition) is 1. The fraction of sp³-hybridized carbons (Fsp3) is 0.0476. The molecular formula is C21H16N2O. The summed E-state index contributed by atoms with van der Waals surface area (Å²) in [5.41, 5.74) is 3.32. The lowest BCUT2D eigenvalue weighted by Gasteiger charge is -2.11. The number of nitrogens with zero attached hydrogens (tertiary/aromatic N) is 1. The highest BCUT2D eigenvalue weighted by Crippen LogP contribution is 2.28. The Morgan fingerprint density at radius 1 is 0.875 bits per heavy atom. The molecule has 1 N–H and O–H groups in total. The van der Waals surface area contributed by atoms with Crippen LogP contribution >= 0.6 is 0 Å². The predicted molar refractivity (Wildman–Crippen MR) is 98.4 cm³/mol. The third kappa shape index (κ3) is 2.40. The van der Waals surface area contributed by atoms with Crippen molar-refractivity contribution in [3.05, 3.63) is 84.1 Å². The molecule has 0 bridgehead atoms. The summed E-state index contributed by atoms with van der Waals surface area (Å²) in [5, 5.41) is 6.19. The molecule has 3 heteroatoms. The van der Waals surface area contributed by atoms with E-state index in [0.29, 0.717) is 5.56 Å². The third-order valence-electron chi connectivity index (χ3n) is 4.27. The molecule has 4 aromatic rings. The topological polar surface area (TPSA) is 42.0 Å². The average Bonchev–Trinajstić information content (AvgIpc) is 2.62. The number of rotatable bonds is 2. The number of nitrogens with one attached hydrogen (secondary N) is 1. The maximum absolute atomic E-state index is 12.6. The molecule has 116 valence electrons. The number of carbonyl (C=O) groups is 1. The second kappa shape index (κ2) is 5.78. The number of aromatic nitrogens is 1. The van der Waals surface area contributed by atoms with Gasteiger partial charge in [0, 0.05) is 22.5 Å². The summed E-state index contributed by atoms with van der Waals surface area (Å²) in [6.45, 7) is 1.94. The first-order valence-electron chi connectivity index (χ1n) is 7.87. The minimum Gasteiger partial charge on any atom is -0.321 e. The van der Waals surface area contributed by atoms with Gasteiger partial charge in [0.1, 0.15) is 0 Å². The molecule has 0 aliphatic carbocycles. The Kier molecular flexibility index (Phi) is 3.47. The molecule has 0 radical (unpaired) electrons. The summed E-state index contributed by atoms with van der Waals surface area (Å²) in [5.74, 6) is -0.103. The SMILES string of the molecule is Cc1ccccc1C(=O)Nc1ccnc2c1ccc1ccccc12. The van der Waals surface area contributed by atoms with Crippen molar-refractivity contribution in [2.45, 2.75) is 6.92 Å². The molecule has 0 aliphatic rings. The van der Waals surface area contributed by atoms with Crippen LogP contribution in [-0.4, -0.2) is 10.9 Å². The smallest absolute Gasteiger partial charge is 0.255 e. The Morgan fingerprint density at radius 3 is 2.54 bits per heavy atom.